The maximum atomic E-state index is 11.7. The highest BCUT2D eigenvalue weighted by atomic mass is 79.9. The van der Waals surface area contributed by atoms with E-state index < -0.39 is 6.10 Å². The van der Waals surface area contributed by atoms with Gasteiger partial charge in [-0.25, -0.2) is 4.79 Å². The molecule has 1 heterocycles. The van der Waals surface area contributed by atoms with Crippen molar-refractivity contribution in [1.82, 2.24) is 4.90 Å². The van der Waals surface area contributed by atoms with Crippen molar-refractivity contribution in [2.24, 2.45) is 0 Å². The molecule has 0 saturated carbocycles. The van der Waals surface area contributed by atoms with Crippen LogP contribution in [0.15, 0.2) is 30.3 Å². The van der Waals surface area contributed by atoms with Crippen LogP contribution in [0.1, 0.15) is 5.56 Å². The van der Waals surface area contributed by atoms with Gasteiger partial charge >= 0.3 is 6.09 Å². The van der Waals surface area contributed by atoms with Crippen molar-refractivity contribution in [3.05, 3.63) is 35.9 Å². The monoisotopic (exact) mass is 299 g/mol. The lowest BCUT2D eigenvalue weighted by Gasteiger charge is -2.15. The summed E-state index contributed by atoms with van der Waals surface area (Å²) in [4.78, 5) is 13.1. The zero-order chi connectivity index (χ0) is 12.3. The first-order valence-corrected chi connectivity index (χ1v) is 6.36. The number of β-amino-alcohol motifs (C(OH)–C–C–N with tert-alkyl or cyclic N) is 1. The molecule has 1 aliphatic rings. The Morgan fingerprint density at radius 2 is 2.12 bits per heavy atom. The van der Waals surface area contributed by atoms with Gasteiger partial charge in [0.2, 0.25) is 0 Å². The highest BCUT2D eigenvalue weighted by Crippen LogP contribution is 2.18. The Kier molecular flexibility index (Phi) is 4.02. The minimum atomic E-state index is -0.515. The molecule has 0 aromatic heterocycles. The van der Waals surface area contributed by atoms with Gasteiger partial charge in [0.15, 0.2) is 0 Å². The van der Waals surface area contributed by atoms with Gasteiger partial charge in [-0.15, -0.1) is 0 Å². The number of aliphatic hydroxyl groups excluding tert-OH is 1. The summed E-state index contributed by atoms with van der Waals surface area (Å²) in [5.74, 6) is 0. The topological polar surface area (TPSA) is 49.8 Å². The van der Waals surface area contributed by atoms with E-state index in [1.54, 1.807) is 0 Å². The molecule has 17 heavy (non-hydrogen) atoms. The molecule has 1 saturated heterocycles. The zero-order valence-corrected chi connectivity index (χ0v) is 10.8. The molecule has 92 valence electrons. The summed E-state index contributed by atoms with van der Waals surface area (Å²) < 4.78 is 5.16. The molecule has 2 unspecified atom stereocenters. The maximum Gasteiger partial charge on any atom is 0.410 e. The number of alkyl halides is 1. The van der Waals surface area contributed by atoms with Crippen LogP contribution < -0.4 is 0 Å². The number of rotatable bonds is 2. The quantitative estimate of drug-likeness (QED) is 0.847. The Hall–Kier alpha value is -1.07. The summed E-state index contributed by atoms with van der Waals surface area (Å²) >= 11 is 3.31. The predicted molar refractivity (Wildman–Crippen MR) is 66.9 cm³/mol. The number of carbonyl (C=O) groups is 1. The van der Waals surface area contributed by atoms with E-state index in [4.69, 9.17) is 4.74 Å². The number of ether oxygens (including phenoxy) is 1. The van der Waals surface area contributed by atoms with E-state index in [1.807, 2.05) is 30.3 Å². The Bertz CT molecular complexity index is 375. The largest absolute Gasteiger partial charge is 0.445 e. The molecule has 1 amide bonds. The molecule has 1 N–H and O–H groups in total. The van der Waals surface area contributed by atoms with Crippen LogP contribution in [0.25, 0.3) is 0 Å². The highest BCUT2D eigenvalue weighted by Gasteiger charge is 2.32. The number of likely N-dealkylation sites (tertiary alicyclic amines) is 1. The number of amides is 1. The van der Waals surface area contributed by atoms with E-state index in [-0.39, 0.29) is 17.5 Å². The van der Waals surface area contributed by atoms with Gasteiger partial charge in [-0.3, -0.25) is 0 Å². The number of hydrogen-bond acceptors (Lipinski definition) is 3. The number of aliphatic hydroxyl groups is 1. The first kappa shape index (κ1) is 12.4. The third-order valence-electron chi connectivity index (χ3n) is 2.68. The summed E-state index contributed by atoms with van der Waals surface area (Å²) in [5.41, 5.74) is 0.955. The number of benzene rings is 1. The summed E-state index contributed by atoms with van der Waals surface area (Å²) in [6.07, 6.45) is -0.894. The van der Waals surface area contributed by atoms with Crippen molar-refractivity contribution >= 4 is 22.0 Å². The third-order valence-corrected chi connectivity index (χ3v) is 3.58. The maximum absolute atomic E-state index is 11.7. The van der Waals surface area contributed by atoms with Gasteiger partial charge in [0, 0.05) is 6.54 Å². The molecule has 4 nitrogen and oxygen atoms in total. The van der Waals surface area contributed by atoms with Crippen molar-refractivity contribution < 1.29 is 14.6 Å². The number of nitrogens with zero attached hydrogens (tertiary/aromatic N) is 1. The second-order valence-electron chi connectivity index (χ2n) is 4.03. The molecule has 1 aliphatic heterocycles. The van der Waals surface area contributed by atoms with E-state index in [1.165, 1.54) is 4.90 Å². The smallest absolute Gasteiger partial charge is 0.410 e. The van der Waals surface area contributed by atoms with Crippen molar-refractivity contribution in [3.8, 4) is 0 Å². The van der Waals surface area contributed by atoms with Crippen LogP contribution in [0.3, 0.4) is 0 Å². The van der Waals surface area contributed by atoms with Crippen LogP contribution in [-0.2, 0) is 11.3 Å². The van der Waals surface area contributed by atoms with Crippen LogP contribution in [0.5, 0.6) is 0 Å². The molecular weight excluding hydrogens is 286 g/mol. The normalized spacial score (nSPS) is 23.8. The second-order valence-corrected chi connectivity index (χ2v) is 5.20. The van der Waals surface area contributed by atoms with E-state index >= 15 is 0 Å². The van der Waals surface area contributed by atoms with Gasteiger partial charge in [0.1, 0.15) is 6.61 Å². The van der Waals surface area contributed by atoms with Crippen LogP contribution in [0.2, 0.25) is 0 Å². The van der Waals surface area contributed by atoms with E-state index in [0.29, 0.717) is 13.1 Å². The summed E-state index contributed by atoms with van der Waals surface area (Å²) in [6.45, 7) is 1.07. The summed E-state index contributed by atoms with van der Waals surface area (Å²) in [7, 11) is 0. The average Bonchev–Trinajstić information content (AvgIpc) is 2.68. The Morgan fingerprint density at radius 1 is 1.41 bits per heavy atom. The molecule has 0 radical (unpaired) electrons. The average molecular weight is 300 g/mol. The molecule has 0 spiro atoms. The van der Waals surface area contributed by atoms with Crippen molar-refractivity contribution in [3.63, 3.8) is 0 Å². The lowest BCUT2D eigenvalue weighted by molar-refractivity contribution is 0.0972. The van der Waals surface area contributed by atoms with Gasteiger partial charge in [-0.2, -0.15) is 0 Å². The van der Waals surface area contributed by atoms with Gasteiger partial charge in [0.05, 0.1) is 17.5 Å². The van der Waals surface area contributed by atoms with E-state index in [9.17, 15) is 9.90 Å². The highest BCUT2D eigenvalue weighted by molar-refractivity contribution is 9.09. The van der Waals surface area contributed by atoms with Crippen LogP contribution >= 0.6 is 15.9 Å². The zero-order valence-electron chi connectivity index (χ0n) is 9.25. The number of hydrogen-bond donors (Lipinski definition) is 1. The van der Waals surface area contributed by atoms with E-state index in [2.05, 4.69) is 15.9 Å². The fourth-order valence-corrected chi connectivity index (χ4v) is 2.22. The van der Waals surface area contributed by atoms with Gasteiger partial charge in [-0.05, 0) is 5.56 Å². The lowest BCUT2D eigenvalue weighted by atomic mass is 10.2. The molecule has 1 aromatic rings. The van der Waals surface area contributed by atoms with Crippen LogP contribution in [-0.4, -0.2) is 40.1 Å². The first-order chi connectivity index (χ1) is 8.16. The molecular formula is C12H14BrNO3. The molecule has 5 heteroatoms. The molecule has 0 bridgehead atoms. The van der Waals surface area contributed by atoms with Gasteiger partial charge in [-0.1, -0.05) is 46.3 Å². The third kappa shape index (κ3) is 3.20. The summed E-state index contributed by atoms with van der Waals surface area (Å²) in [6, 6.07) is 9.52. The standard InChI is InChI=1S/C12H14BrNO3/c13-10-6-14(7-11(10)15)12(16)17-8-9-4-2-1-3-5-9/h1-5,10-11,15H,6-8H2. The first-order valence-electron chi connectivity index (χ1n) is 5.44. The minimum absolute atomic E-state index is 0.0632. The van der Waals surface area contributed by atoms with Crippen LogP contribution in [0, 0.1) is 0 Å². The second kappa shape index (κ2) is 5.51. The Labute approximate surface area is 108 Å². The fraction of sp³-hybridized carbons (Fsp3) is 0.417. The van der Waals surface area contributed by atoms with Gasteiger partial charge < -0.3 is 14.7 Å². The van der Waals surface area contributed by atoms with Crippen molar-refractivity contribution in [2.75, 3.05) is 13.1 Å². The molecule has 0 aliphatic carbocycles. The lowest BCUT2D eigenvalue weighted by Crippen LogP contribution is -2.30. The molecule has 1 fully saturated rings. The predicted octanol–water partition coefficient (Wildman–Crippen LogP) is 1.76. The number of carbonyl (C=O) groups excluding carboxylic acids is 1. The Balaban J connectivity index is 1.82. The minimum Gasteiger partial charge on any atom is -0.445 e. The van der Waals surface area contributed by atoms with Crippen molar-refractivity contribution in [1.29, 1.82) is 0 Å². The van der Waals surface area contributed by atoms with Gasteiger partial charge in [0.25, 0.3) is 0 Å². The van der Waals surface area contributed by atoms with Crippen LogP contribution in [0.4, 0.5) is 4.79 Å². The SMILES string of the molecule is O=C(OCc1ccccc1)N1CC(O)C(Br)C1. The van der Waals surface area contributed by atoms with Crippen molar-refractivity contribution in [2.45, 2.75) is 17.5 Å². The molecule has 2 rings (SSSR count). The molecule has 1 aromatic carbocycles. The Morgan fingerprint density at radius 3 is 2.71 bits per heavy atom. The summed E-state index contributed by atoms with van der Waals surface area (Å²) in [5, 5.41) is 9.51. The number of halogens is 1. The molecule has 2 atom stereocenters. The van der Waals surface area contributed by atoms with E-state index in [0.717, 1.165) is 5.56 Å². The fourth-order valence-electron chi connectivity index (χ4n) is 1.71.